The number of benzene rings is 1. The van der Waals surface area contributed by atoms with Crippen molar-refractivity contribution in [2.24, 2.45) is 0 Å². The first-order valence-electron chi connectivity index (χ1n) is 5.71. The minimum Gasteiger partial charge on any atom is -0.496 e. The van der Waals surface area contributed by atoms with Gasteiger partial charge in [-0.1, -0.05) is 12.1 Å². The average molecular weight is 239 g/mol. The second-order valence-corrected chi connectivity index (χ2v) is 4.97. The molecule has 0 spiro atoms. The largest absolute Gasteiger partial charge is 0.496 e. The average Bonchev–Trinajstić information content (AvgIpc) is 2.34. The fraction of sp³-hybridized carbons (Fsp3) is 0.538. The van der Waals surface area contributed by atoms with Crippen molar-refractivity contribution >= 4 is 11.8 Å². The van der Waals surface area contributed by atoms with E-state index >= 15 is 0 Å². The summed E-state index contributed by atoms with van der Waals surface area (Å²) in [6.07, 6.45) is 2.45. The van der Waals surface area contributed by atoms with Crippen LogP contribution in [0.2, 0.25) is 0 Å². The van der Waals surface area contributed by atoms with Crippen LogP contribution in [0.4, 0.5) is 0 Å². The summed E-state index contributed by atoms with van der Waals surface area (Å²) in [4.78, 5) is 1.24. The maximum absolute atomic E-state index is 5.31. The summed E-state index contributed by atoms with van der Waals surface area (Å²) in [6, 6.07) is 8.80. The number of thioether (sulfide) groups is 1. The predicted octanol–water partition coefficient (Wildman–Crippen LogP) is 3.18. The molecule has 0 aliphatic rings. The third-order valence-electron chi connectivity index (χ3n) is 2.60. The molecular weight excluding hydrogens is 218 g/mol. The highest BCUT2D eigenvalue weighted by molar-refractivity contribution is 7.99. The van der Waals surface area contributed by atoms with Crippen LogP contribution in [0.1, 0.15) is 19.8 Å². The summed E-state index contributed by atoms with van der Waals surface area (Å²) in [5, 5.41) is 3.25. The van der Waals surface area contributed by atoms with Crippen molar-refractivity contribution < 1.29 is 4.74 Å². The van der Waals surface area contributed by atoms with Gasteiger partial charge in [-0.3, -0.25) is 0 Å². The first-order valence-corrected chi connectivity index (χ1v) is 6.69. The van der Waals surface area contributed by atoms with E-state index in [0.29, 0.717) is 6.04 Å². The Hall–Kier alpha value is -0.670. The van der Waals surface area contributed by atoms with Crippen LogP contribution in [-0.4, -0.2) is 26.0 Å². The summed E-state index contributed by atoms with van der Waals surface area (Å²) >= 11 is 1.87. The fourth-order valence-corrected chi connectivity index (χ4v) is 2.45. The van der Waals surface area contributed by atoms with E-state index in [-0.39, 0.29) is 0 Å². The van der Waals surface area contributed by atoms with Crippen LogP contribution in [0.5, 0.6) is 5.75 Å². The summed E-state index contributed by atoms with van der Waals surface area (Å²) in [5.74, 6) is 2.13. The first-order chi connectivity index (χ1) is 7.77. The van der Waals surface area contributed by atoms with Gasteiger partial charge in [0.1, 0.15) is 5.75 Å². The second-order valence-electron chi connectivity index (χ2n) is 3.83. The number of hydrogen-bond donors (Lipinski definition) is 1. The van der Waals surface area contributed by atoms with E-state index in [1.807, 2.05) is 30.9 Å². The summed E-state index contributed by atoms with van der Waals surface area (Å²) in [7, 11) is 3.74. The van der Waals surface area contributed by atoms with Crippen molar-refractivity contribution in [2.45, 2.75) is 30.7 Å². The molecule has 0 fully saturated rings. The van der Waals surface area contributed by atoms with E-state index < -0.39 is 0 Å². The molecule has 0 heterocycles. The molecule has 0 amide bonds. The number of ether oxygens (including phenoxy) is 1. The van der Waals surface area contributed by atoms with Gasteiger partial charge in [-0.15, -0.1) is 11.8 Å². The molecule has 0 aromatic heterocycles. The van der Waals surface area contributed by atoms with E-state index in [9.17, 15) is 0 Å². The third kappa shape index (κ3) is 4.45. The molecule has 1 unspecified atom stereocenters. The van der Waals surface area contributed by atoms with Gasteiger partial charge in [0.05, 0.1) is 7.11 Å². The van der Waals surface area contributed by atoms with E-state index in [1.165, 1.54) is 17.7 Å². The maximum atomic E-state index is 5.31. The number of hydrogen-bond acceptors (Lipinski definition) is 3. The molecule has 0 aliphatic heterocycles. The number of rotatable bonds is 7. The zero-order chi connectivity index (χ0) is 11.8. The highest BCUT2D eigenvalue weighted by Gasteiger charge is 2.02. The summed E-state index contributed by atoms with van der Waals surface area (Å²) in [6.45, 7) is 2.22. The predicted molar refractivity (Wildman–Crippen MR) is 71.5 cm³/mol. The van der Waals surface area contributed by atoms with Crippen LogP contribution in [0.25, 0.3) is 0 Å². The lowest BCUT2D eigenvalue weighted by Crippen LogP contribution is -2.20. The Morgan fingerprint density at radius 1 is 1.38 bits per heavy atom. The Labute approximate surface area is 103 Å². The topological polar surface area (TPSA) is 21.3 Å². The molecule has 0 saturated carbocycles. The minimum atomic E-state index is 0.610. The van der Waals surface area contributed by atoms with E-state index in [1.54, 1.807) is 7.11 Å². The highest BCUT2D eigenvalue weighted by atomic mass is 32.2. The Balaban J connectivity index is 2.31. The quantitative estimate of drug-likeness (QED) is 0.583. The van der Waals surface area contributed by atoms with Crippen molar-refractivity contribution in [1.82, 2.24) is 5.32 Å². The van der Waals surface area contributed by atoms with Gasteiger partial charge in [-0.2, -0.15) is 0 Å². The van der Waals surface area contributed by atoms with E-state index in [4.69, 9.17) is 4.74 Å². The van der Waals surface area contributed by atoms with Gasteiger partial charge in [0.2, 0.25) is 0 Å². The summed E-state index contributed by atoms with van der Waals surface area (Å²) in [5.41, 5.74) is 0. The van der Waals surface area contributed by atoms with E-state index in [0.717, 1.165) is 11.5 Å². The second kappa shape index (κ2) is 7.58. The van der Waals surface area contributed by atoms with Crippen LogP contribution >= 0.6 is 11.8 Å². The Kier molecular flexibility index (Phi) is 6.34. The monoisotopic (exact) mass is 239 g/mol. The molecule has 0 radical (unpaired) electrons. The van der Waals surface area contributed by atoms with Gasteiger partial charge in [0.15, 0.2) is 0 Å². The lowest BCUT2D eigenvalue weighted by molar-refractivity contribution is 0.405. The number of methoxy groups -OCH3 is 1. The zero-order valence-corrected chi connectivity index (χ0v) is 11.1. The Morgan fingerprint density at radius 2 is 2.12 bits per heavy atom. The minimum absolute atomic E-state index is 0.610. The molecular formula is C13H21NOS. The number of nitrogens with one attached hydrogen (secondary N) is 1. The Bertz CT molecular complexity index is 304. The molecule has 3 heteroatoms. The van der Waals surface area contributed by atoms with E-state index in [2.05, 4.69) is 24.4 Å². The summed E-state index contributed by atoms with van der Waals surface area (Å²) < 4.78 is 5.31. The van der Waals surface area contributed by atoms with Crippen LogP contribution < -0.4 is 10.1 Å². The van der Waals surface area contributed by atoms with Crippen molar-refractivity contribution in [1.29, 1.82) is 0 Å². The van der Waals surface area contributed by atoms with Gasteiger partial charge < -0.3 is 10.1 Å². The molecule has 0 aliphatic carbocycles. The van der Waals surface area contributed by atoms with Gasteiger partial charge >= 0.3 is 0 Å². The highest BCUT2D eigenvalue weighted by Crippen LogP contribution is 2.29. The maximum Gasteiger partial charge on any atom is 0.132 e. The van der Waals surface area contributed by atoms with Gasteiger partial charge in [-0.25, -0.2) is 0 Å². The van der Waals surface area contributed by atoms with Crippen LogP contribution in [0, 0.1) is 0 Å². The standard InChI is InChI=1S/C13H21NOS/c1-11(14-2)7-6-10-16-13-9-5-4-8-12(13)15-3/h4-5,8-9,11,14H,6-7,10H2,1-3H3. The van der Waals surface area contributed by atoms with Crippen LogP contribution in [0.3, 0.4) is 0 Å². The normalized spacial score (nSPS) is 12.4. The third-order valence-corrected chi connectivity index (χ3v) is 3.74. The SMILES string of the molecule is CNC(C)CCCSc1ccccc1OC. The molecule has 1 atom stereocenters. The van der Waals surface area contributed by atoms with Gasteiger partial charge in [0, 0.05) is 10.9 Å². The van der Waals surface area contributed by atoms with Crippen LogP contribution in [-0.2, 0) is 0 Å². The number of para-hydroxylation sites is 1. The zero-order valence-electron chi connectivity index (χ0n) is 10.3. The van der Waals surface area contributed by atoms with Crippen molar-refractivity contribution in [3.8, 4) is 5.75 Å². The molecule has 90 valence electrons. The molecule has 1 aromatic carbocycles. The molecule has 0 bridgehead atoms. The molecule has 1 N–H and O–H groups in total. The molecule has 1 rings (SSSR count). The van der Waals surface area contributed by atoms with Gasteiger partial charge in [0.25, 0.3) is 0 Å². The van der Waals surface area contributed by atoms with Crippen LogP contribution in [0.15, 0.2) is 29.2 Å². The fourth-order valence-electron chi connectivity index (χ4n) is 1.45. The molecule has 1 aromatic rings. The van der Waals surface area contributed by atoms with Crippen molar-refractivity contribution in [2.75, 3.05) is 19.9 Å². The van der Waals surface area contributed by atoms with Gasteiger partial charge in [-0.05, 0) is 44.7 Å². The molecule has 0 saturated heterocycles. The lowest BCUT2D eigenvalue weighted by atomic mass is 10.2. The first kappa shape index (κ1) is 13.4. The van der Waals surface area contributed by atoms with Crippen molar-refractivity contribution in [3.63, 3.8) is 0 Å². The molecule has 16 heavy (non-hydrogen) atoms. The van der Waals surface area contributed by atoms with Crippen molar-refractivity contribution in [3.05, 3.63) is 24.3 Å². The lowest BCUT2D eigenvalue weighted by Gasteiger charge is -2.10. The Morgan fingerprint density at radius 3 is 2.81 bits per heavy atom. The smallest absolute Gasteiger partial charge is 0.132 e. The molecule has 2 nitrogen and oxygen atoms in total.